The Balaban J connectivity index is 1.76. The van der Waals surface area contributed by atoms with Gasteiger partial charge in [0, 0.05) is 10.9 Å². The third-order valence-corrected chi connectivity index (χ3v) is 4.92. The molecule has 0 bridgehead atoms. The Kier molecular flexibility index (Phi) is 3.07. The SMILES string of the molecule is Cc1cc2cc3ccccc3cc2cc1-c1ccc2ccccc2n1. The van der Waals surface area contributed by atoms with Crippen LogP contribution in [0.5, 0.6) is 0 Å². The largest absolute Gasteiger partial charge is 0.248 e. The molecule has 0 spiro atoms. The smallest absolute Gasteiger partial charge is 0.0712 e. The van der Waals surface area contributed by atoms with Crippen LogP contribution in [0.2, 0.25) is 0 Å². The Morgan fingerprint density at radius 2 is 1.20 bits per heavy atom. The number of pyridine rings is 1. The lowest BCUT2D eigenvalue weighted by atomic mass is 9.96. The lowest BCUT2D eigenvalue weighted by Crippen LogP contribution is -1.89. The summed E-state index contributed by atoms with van der Waals surface area (Å²) in [6.45, 7) is 2.17. The van der Waals surface area contributed by atoms with Crippen LogP contribution in [-0.4, -0.2) is 4.98 Å². The van der Waals surface area contributed by atoms with E-state index in [1.165, 1.54) is 38.1 Å². The van der Waals surface area contributed by atoms with Crippen molar-refractivity contribution in [2.45, 2.75) is 6.92 Å². The molecular weight excluding hydrogens is 302 g/mol. The van der Waals surface area contributed by atoms with Crippen molar-refractivity contribution in [2.24, 2.45) is 0 Å². The summed E-state index contributed by atoms with van der Waals surface area (Å²) in [5, 5.41) is 6.27. The van der Waals surface area contributed by atoms with Crippen LogP contribution in [-0.2, 0) is 0 Å². The van der Waals surface area contributed by atoms with E-state index in [0.717, 1.165) is 11.2 Å². The number of aryl methyl sites for hydroxylation is 1. The summed E-state index contributed by atoms with van der Waals surface area (Å²) in [6, 6.07) is 30.2. The maximum absolute atomic E-state index is 4.88. The number of benzene rings is 4. The molecule has 0 aliphatic rings. The van der Waals surface area contributed by atoms with Gasteiger partial charge in [-0.1, -0.05) is 54.6 Å². The Labute approximate surface area is 146 Å². The first-order chi connectivity index (χ1) is 12.3. The van der Waals surface area contributed by atoms with Crippen molar-refractivity contribution in [3.63, 3.8) is 0 Å². The van der Waals surface area contributed by atoms with Crippen LogP contribution in [0.3, 0.4) is 0 Å². The zero-order chi connectivity index (χ0) is 16.8. The fraction of sp³-hybridized carbons (Fsp3) is 0.0417. The van der Waals surface area contributed by atoms with Crippen molar-refractivity contribution in [1.29, 1.82) is 0 Å². The topological polar surface area (TPSA) is 12.9 Å². The molecule has 0 radical (unpaired) electrons. The first-order valence-corrected chi connectivity index (χ1v) is 8.57. The predicted octanol–water partition coefficient (Wildman–Crippen LogP) is 6.52. The second-order valence-electron chi connectivity index (χ2n) is 6.60. The number of para-hydroxylation sites is 1. The van der Waals surface area contributed by atoms with E-state index in [-0.39, 0.29) is 0 Å². The second-order valence-corrected chi connectivity index (χ2v) is 6.60. The van der Waals surface area contributed by atoms with Crippen LogP contribution in [0.4, 0.5) is 0 Å². The minimum Gasteiger partial charge on any atom is -0.248 e. The molecule has 1 nitrogen and oxygen atoms in total. The van der Waals surface area contributed by atoms with Crippen LogP contribution in [0, 0.1) is 6.92 Å². The molecule has 4 aromatic carbocycles. The van der Waals surface area contributed by atoms with Gasteiger partial charge in [-0.25, -0.2) is 4.98 Å². The van der Waals surface area contributed by atoms with Crippen LogP contribution < -0.4 is 0 Å². The maximum atomic E-state index is 4.88. The summed E-state index contributed by atoms with van der Waals surface area (Å²) >= 11 is 0. The summed E-state index contributed by atoms with van der Waals surface area (Å²) in [7, 11) is 0. The van der Waals surface area contributed by atoms with Crippen molar-refractivity contribution >= 4 is 32.4 Å². The molecule has 1 aromatic heterocycles. The molecule has 0 amide bonds. The number of hydrogen-bond acceptors (Lipinski definition) is 1. The molecule has 0 saturated carbocycles. The zero-order valence-corrected chi connectivity index (χ0v) is 14.0. The first-order valence-electron chi connectivity index (χ1n) is 8.57. The molecule has 1 heteroatoms. The standard InChI is InChI=1S/C24H17N/c1-16-12-20-13-18-7-2-3-8-19(18)14-21(20)15-22(16)24-11-10-17-6-4-5-9-23(17)25-24/h2-15H,1H3. The molecule has 118 valence electrons. The Hall–Kier alpha value is -3.19. The van der Waals surface area contributed by atoms with Gasteiger partial charge < -0.3 is 0 Å². The van der Waals surface area contributed by atoms with E-state index in [1.807, 2.05) is 6.07 Å². The second kappa shape index (κ2) is 5.42. The number of nitrogens with zero attached hydrogens (tertiary/aromatic N) is 1. The highest BCUT2D eigenvalue weighted by Crippen LogP contribution is 2.31. The van der Waals surface area contributed by atoms with E-state index in [9.17, 15) is 0 Å². The van der Waals surface area contributed by atoms with Crippen molar-refractivity contribution in [3.8, 4) is 11.3 Å². The van der Waals surface area contributed by atoms with Gasteiger partial charge in [0.1, 0.15) is 0 Å². The quantitative estimate of drug-likeness (QED) is 0.321. The summed E-state index contributed by atoms with van der Waals surface area (Å²) in [4.78, 5) is 4.88. The van der Waals surface area contributed by atoms with E-state index in [4.69, 9.17) is 4.98 Å². The van der Waals surface area contributed by atoms with E-state index in [2.05, 4.69) is 85.8 Å². The van der Waals surface area contributed by atoms with Crippen molar-refractivity contribution < 1.29 is 0 Å². The molecule has 5 rings (SSSR count). The molecule has 0 N–H and O–H groups in total. The van der Waals surface area contributed by atoms with Crippen LogP contribution in [0.1, 0.15) is 5.56 Å². The monoisotopic (exact) mass is 319 g/mol. The fourth-order valence-corrected chi connectivity index (χ4v) is 3.60. The molecule has 0 unspecified atom stereocenters. The van der Waals surface area contributed by atoms with Crippen LogP contribution in [0.15, 0.2) is 84.9 Å². The first kappa shape index (κ1) is 14.2. The van der Waals surface area contributed by atoms with Crippen molar-refractivity contribution in [3.05, 3.63) is 90.5 Å². The molecule has 0 atom stereocenters. The number of rotatable bonds is 1. The highest BCUT2D eigenvalue weighted by atomic mass is 14.7. The van der Waals surface area contributed by atoms with E-state index in [0.29, 0.717) is 0 Å². The average Bonchev–Trinajstić information content (AvgIpc) is 2.65. The van der Waals surface area contributed by atoms with E-state index in [1.54, 1.807) is 0 Å². The third-order valence-electron chi connectivity index (χ3n) is 4.92. The van der Waals surface area contributed by atoms with Gasteiger partial charge in [0.25, 0.3) is 0 Å². The van der Waals surface area contributed by atoms with Gasteiger partial charge in [-0.2, -0.15) is 0 Å². The molecule has 0 saturated heterocycles. The lowest BCUT2D eigenvalue weighted by Gasteiger charge is -2.10. The van der Waals surface area contributed by atoms with Gasteiger partial charge >= 0.3 is 0 Å². The normalized spacial score (nSPS) is 11.4. The predicted molar refractivity (Wildman–Crippen MR) is 107 cm³/mol. The maximum Gasteiger partial charge on any atom is 0.0712 e. The molecule has 25 heavy (non-hydrogen) atoms. The summed E-state index contributed by atoms with van der Waals surface area (Å²) < 4.78 is 0. The molecule has 0 fully saturated rings. The summed E-state index contributed by atoms with van der Waals surface area (Å²) in [6.07, 6.45) is 0. The molecular formula is C24H17N. The van der Waals surface area contributed by atoms with Gasteiger partial charge in [-0.3, -0.25) is 0 Å². The van der Waals surface area contributed by atoms with Gasteiger partial charge in [-0.05, 0) is 64.4 Å². The third kappa shape index (κ3) is 2.36. The van der Waals surface area contributed by atoms with Crippen molar-refractivity contribution in [1.82, 2.24) is 4.98 Å². The molecule has 1 heterocycles. The minimum atomic E-state index is 1.03. The lowest BCUT2D eigenvalue weighted by molar-refractivity contribution is 1.37. The van der Waals surface area contributed by atoms with Gasteiger partial charge in [0.2, 0.25) is 0 Å². The molecule has 0 aliphatic carbocycles. The molecule has 5 aromatic rings. The van der Waals surface area contributed by atoms with Gasteiger partial charge in [0.05, 0.1) is 11.2 Å². The highest BCUT2D eigenvalue weighted by Gasteiger charge is 2.08. The zero-order valence-electron chi connectivity index (χ0n) is 14.0. The van der Waals surface area contributed by atoms with E-state index < -0.39 is 0 Å². The summed E-state index contributed by atoms with van der Waals surface area (Å²) in [5.74, 6) is 0. The van der Waals surface area contributed by atoms with Gasteiger partial charge in [0.15, 0.2) is 0 Å². The Morgan fingerprint density at radius 1 is 0.560 bits per heavy atom. The van der Waals surface area contributed by atoms with Crippen LogP contribution in [0.25, 0.3) is 43.7 Å². The fourth-order valence-electron chi connectivity index (χ4n) is 3.60. The summed E-state index contributed by atoms with van der Waals surface area (Å²) in [5.41, 5.74) is 4.53. The van der Waals surface area contributed by atoms with Crippen LogP contribution >= 0.6 is 0 Å². The number of aromatic nitrogens is 1. The number of hydrogen-bond donors (Lipinski definition) is 0. The number of fused-ring (bicyclic) bond motifs is 3. The van der Waals surface area contributed by atoms with Gasteiger partial charge in [-0.15, -0.1) is 0 Å². The Morgan fingerprint density at radius 3 is 1.96 bits per heavy atom. The molecule has 0 aliphatic heterocycles. The average molecular weight is 319 g/mol. The van der Waals surface area contributed by atoms with E-state index >= 15 is 0 Å². The Bertz CT molecular complexity index is 1250. The van der Waals surface area contributed by atoms with Crippen molar-refractivity contribution in [2.75, 3.05) is 0 Å². The highest BCUT2D eigenvalue weighted by molar-refractivity contribution is 6.00. The minimum absolute atomic E-state index is 1.03.